The molecule has 2 rings (SSSR count). The Morgan fingerprint density at radius 2 is 2.33 bits per heavy atom. The van der Waals surface area contributed by atoms with Gasteiger partial charge in [0.25, 0.3) is 0 Å². The van der Waals surface area contributed by atoms with Crippen LogP contribution in [0.1, 0.15) is 17.7 Å². The fourth-order valence-electron chi connectivity index (χ4n) is 1.89. The van der Waals surface area contributed by atoms with E-state index in [2.05, 4.69) is 33.0 Å². The molecule has 1 aliphatic rings. The van der Waals surface area contributed by atoms with E-state index in [1.165, 1.54) is 28.0 Å². The first-order chi connectivity index (χ1) is 6.74. The summed E-state index contributed by atoms with van der Waals surface area (Å²) in [6.45, 7) is 3.31. The zero-order chi connectivity index (χ0) is 9.97. The number of nitrogens with two attached hydrogens (primary N) is 1. The van der Waals surface area contributed by atoms with Crippen molar-refractivity contribution in [2.75, 3.05) is 13.1 Å². The summed E-state index contributed by atoms with van der Waals surface area (Å²) in [5.41, 5.74) is 5.94. The monoisotopic (exact) mass is 310 g/mol. The van der Waals surface area contributed by atoms with Gasteiger partial charge in [0, 0.05) is 24.0 Å². The molecule has 2 nitrogen and oxygen atoms in total. The number of piperidine rings is 1. The first-order valence-corrected chi connectivity index (χ1v) is 6.57. The smallest absolute Gasteiger partial charge is 0.0701 e. The van der Waals surface area contributed by atoms with Gasteiger partial charge in [0.1, 0.15) is 0 Å². The molecule has 1 aromatic rings. The summed E-state index contributed by atoms with van der Waals surface area (Å²) in [5, 5.41) is 0. The van der Waals surface area contributed by atoms with Gasteiger partial charge in [-0.3, -0.25) is 4.90 Å². The normalized spacial score (nSPS) is 22.4. The SMILES string of the molecule is Cl.N[C@@H]1CCCN(Cc2ccc(Br)s2)C1. The van der Waals surface area contributed by atoms with Crippen molar-refractivity contribution in [3.8, 4) is 0 Å². The quantitative estimate of drug-likeness (QED) is 0.910. The highest BCUT2D eigenvalue weighted by molar-refractivity contribution is 9.11. The van der Waals surface area contributed by atoms with Gasteiger partial charge in [-0.2, -0.15) is 0 Å². The van der Waals surface area contributed by atoms with E-state index in [0.717, 1.165) is 13.1 Å². The van der Waals surface area contributed by atoms with Crippen molar-refractivity contribution >= 4 is 39.7 Å². The average molecular weight is 312 g/mol. The maximum Gasteiger partial charge on any atom is 0.0701 e. The number of thiophene rings is 1. The fourth-order valence-corrected chi connectivity index (χ4v) is 3.42. The van der Waals surface area contributed by atoms with Gasteiger partial charge >= 0.3 is 0 Å². The first-order valence-electron chi connectivity index (χ1n) is 4.96. The molecule has 1 aliphatic heterocycles. The Hall–Kier alpha value is 0.390. The molecule has 0 bridgehead atoms. The third-order valence-corrected chi connectivity index (χ3v) is 4.16. The Kier molecular flexibility index (Phi) is 5.57. The molecule has 2 heterocycles. The lowest BCUT2D eigenvalue weighted by Gasteiger charge is -2.30. The predicted molar refractivity (Wildman–Crippen MR) is 71.8 cm³/mol. The Balaban J connectivity index is 0.00000112. The van der Waals surface area contributed by atoms with Gasteiger partial charge in [0.2, 0.25) is 0 Å². The van der Waals surface area contributed by atoms with Gasteiger partial charge in [-0.25, -0.2) is 0 Å². The minimum Gasteiger partial charge on any atom is -0.327 e. The van der Waals surface area contributed by atoms with E-state index in [1.807, 2.05) is 11.3 Å². The second-order valence-electron chi connectivity index (χ2n) is 3.84. The van der Waals surface area contributed by atoms with Crippen molar-refractivity contribution in [2.24, 2.45) is 5.73 Å². The van der Waals surface area contributed by atoms with Crippen molar-refractivity contribution in [3.05, 3.63) is 20.8 Å². The van der Waals surface area contributed by atoms with Crippen LogP contribution in [0, 0.1) is 0 Å². The molecule has 1 saturated heterocycles. The van der Waals surface area contributed by atoms with E-state index < -0.39 is 0 Å². The van der Waals surface area contributed by atoms with Crippen LogP contribution in [-0.4, -0.2) is 24.0 Å². The number of hydrogen-bond donors (Lipinski definition) is 1. The molecular formula is C10H16BrClN2S. The topological polar surface area (TPSA) is 29.3 Å². The fraction of sp³-hybridized carbons (Fsp3) is 0.600. The molecule has 1 aromatic heterocycles. The minimum absolute atomic E-state index is 0. The number of rotatable bonds is 2. The molecule has 0 spiro atoms. The number of likely N-dealkylation sites (tertiary alicyclic amines) is 1. The predicted octanol–water partition coefficient (Wildman–Crippen LogP) is 2.86. The zero-order valence-corrected chi connectivity index (χ0v) is 11.7. The number of hydrogen-bond acceptors (Lipinski definition) is 3. The van der Waals surface area contributed by atoms with Crippen LogP contribution in [0.2, 0.25) is 0 Å². The van der Waals surface area contributed by atoms with Gasteiger partial charge in [-0.05, 0) is 47.4 Å². The maximum atomic E-state index is 5.94. The molecule has 1 atom stereocenters. The second-order valence-corrected chi connectivity index (χ2v) is 6.39. The highest BCUT2D eigenvalue weighted by Crippen LogP contribution is 2.24. The largest absolute Gasteiger partial charge is 0.327 e. The molecule has 1 fully saturated rings. The molecule has 2 N–H and O–H groups in total. The van der Waals surface area contributed by atoms with Crippen LogP contribution in [0.15, 0.2) is 15.9 Å². The summed E-state index contributed by atoms with van der Waals surface area (Å²) in [6.07, 6.45) is 2.43. The first kappa shape index (κ1) is 13.5. The highest BCUT2D eigenvalue weighted by Gasteiger charge is 2.16. The molecule has 0 aliphatic carbocycles. The maximum absolute atomic E-state index is 5.94. The molecular weight excluding hydrogens is 296 g/mol. The molecule has 5 heteroatoms. The Morgan fingerprint density at radius 1 is 1.53 bits per heavy atom. The van der Waals surface area contributed by atoms with Crippen LogP contribution < -0.4 is 5.73 Å². The summed E-state index contributed by atoms with van der Waals surface area (Å²) in [5.74, 6) is 0. The standard InChI is InChI=1S/C10H15BrN2S.ClH/c11-10-4-3-9(14-10)7-13-5-1-2-8(12)6-13;/h3-4,8H,1-2,5-7,12H2;1H/t8-;/m1./s1. The van der Waals surface area contributed by atoms with Crippen molar-refractivity contribution in [3.63, 3.8) is 0 Å². The number of nitrogens with zero attached hydrogens (tertiary/aromatic N) is 1. The molecule has 0 saturated carbocycles. The van der Waals surface area contributed by atoms with Crippen LogP contribution in [0.4, 0.5) is 0 Å². The van der Waals surface area contributed by atoms with E-state index in [0.29, 0.717) is 6.04 Å². The van der Waals surface area contributed by atoms with Crippen molar-refractivity contribution in [2.45, 2.75) is 25.4 Å². The second kappa shape index (κ2) is 6.21. The average Bonchev–Trinajstić information content (AvgIpc) is 2.51. The third kappa shape index (κ3) is 4.04. The van der Waals surface area contributed by atoms with Gasteiger partial charge in [0.15, 0.2) is 0 Å². The molecule has 0 unspecified atom stereocenters. The lowest BCUT2D eigenvalue weighted by molar-refractivity contribution is 0.203. The molecule has 0 aromatic carbocycles. The minimum atomic E-state index is 0. The van der Waals surface area contributed by atoms with E-state index in [9.17, 15) is 0 Å². The lowest BCUT2D eigenvalue weighted by Crippen LogP contribution is -2.42. The molecule has 86 valence electrons. The van der Waals surface area contributed by atoms with E-state index in [1.54, 1.807) is 0 Å². The Labute approximate surface area is 109 Å². The summed E-state index contributed by atoms with van der Waals surface area (Å²) in [4.78, 5) is 3.87. The van der Waals surface area contributed by atoms with E-state index >= 15 is 0 Å². The van der Waals surface area contributed by atoms with E-state index in [4.69, 9.17) is 5.73 Å². The van der Waals surface area contributed by atoms with Gasteiger partial charge < -0.3 is 5.73 Å². The third-order valence-electron chi connectivity index (χ3n) is 2.55. The van der Waals surface area contributed by atoms with Crippen molar-refractivity contribution < 1.29 is 0 Å². The van der Waals surface area contributed by atoms with Crippen LogP contribution in [0.25, 0.3) is 0 Å². The highest BCUT2D eigenvalue weighted by atomic mass is 79.9. The van der Waals surface area contributed by atoms with Crippen LogP contribution in [0.3, 0.4) is 0 Å². The summed E-state index contributed by atoms with van der Waals surface area (Å²) in [6, 6.07) is 4.69. The Bertz CT molecular complexity index is 305. The van der Waals surface area contributed by atoms with Gasteiger partial charge in [-0.1, -0.05) is 0 Å². The molecule has 15 heavy (non-hydrogen) atoms. The van der Waals surface area contributed by atoms with Crippen molar-refractivity contribution in [1.82, 2.24) is 4.90 Å². The summed E-state index contributed by atoms with van der Waals surface area (Å²) in [7, 11) is 0. The van der Waals surface area contributed by atoms with E-state index in [-0.39, 0.29) is 12.4 Å². The van der Waals surface area contributed by atoms with Crippen molar-refractivity contribution in [1.29, 1.82) is 0 Å². The van der Waals surface area contributed by atoms with Gasteiger partial charge in [0.05, 0.1) is 3.79 Å². The van der Waals surface area contributed by atoms with Gasteiger partial charge in [-0.15, -0.1) is 23.7 Å². The summed E-state index contributed by atoms with van der Waals surface area (Å²) < 4.78 is 1.22. The summed E-state index contributed by atoms with van der Waals surface area (Å²) >= 11 is 5.30. The van der Waals surface area contributed by atoms with Crippen LogP contribution >= 0.6 is 39.7 Å². The number of halogens is 2. The van der Waals surface area contributed by atoms with Crippen LogP contribution in [0.5, 0.6) is 0 Å². The zero-order valence-electron chi connectivity index (χ0n) is 8.49. The lowest BCUT2D eigenvalue weighted by atomic mass is 10.1. The molecule has 0 radical (unpaired) electrons. The van der Waals surface area contributed by atoms with Crippen LogP contribution in [-0.2, 0) is 6.54 Å². The Morgan fingerprint density at radius 3 is 2.93 bits per heavy atom. The molecule has 0 amide bonds.